The van der Waals surface area contributed by atoms with Crippen LogP contribution in [0.1, 0.15) is 0 Å². The molecule has 0 unspecified atom stereocenters. The smallest absolute Gasteiger partial charge is 0.294 e. The van der Waals surface area contributed by atoms with Crippen molar-refractivity contribution in [2.24, 2.45) is 11.4 Å². The van der Waals surface area contributed by atoms with Crippen molar-refractivity contribution in [1.29, 1.82) is 0 Å². The zero-order chi connectivity index (χ0) is 17.5. The molecule has 24 heavy (non-hydrogen) atoms. The fraction of sp³-hybridized carbons (Fsp3) is 0.214. The molecular formula is C14H13ClN2O4S3. The Morgan fingerprint density at radius 3 is 2.33 bits per heavy atom. The van der Waals surface area contributed by atoms with Crippen LogP contribution in [-0.2, 0) is 17.1 Å². The first kappa shape index (κ1) is 17.3. The third kappa shape index (κ3) is 2.92. The Kier molecular flexibility index (Phi) is 4.60. The number of sulfonamides is 1. The zero-order valence-electron chi connectivity index (χ0n) is 12.9. The van der Waals surface area contributed by atoms with E-state index < -0.39 is 10.0 Å². The quantitative estimate of drug-likeness (QED) is 0.669. The van der Waals surface area contributed by atoms with E-state index in [0.717, 1.165) is 21.6 Å². The van der Waals surface area contributed by atoms with Crippen molar-refractivity contribution >= 4 is 54.5 Å². The average molecular weight is 405 g/mol. The normalized spacial score (nSPS) is 12.8. The first-order chi connectivity index (χ1) is 11.4. The predicted molar refractivity (Wildman–Crippen MR) is 96.0 cm³/mol. The number of aryl methyl sites for hydroxylation is 1. The summed E-state index contributed by atoms with van der Waals surface area (Å²) in [6, 6.07) is 6.52. The number of thiazole rings is 1. The summed E-state index contributed by atoms with van der Waals surface area (Å²) in [4.78, 5) is 0.317. The van der Waals surface area contributed by atoms with E-state index in [1.54, 1.807) is 38.0 Å². The van der Waals surface area contributed by atoms with E-state index in [2.05, 4.69) is 4.40 Å². The summed E-state index contributed by atoms with van der Waals surface area (Å²) in [6.45, 7) is 0. The van der Waals surface area contributed by atoms with E-state index in [1.807, 2.05) is 0 Å². The molecule has 3 rings (SSSR count). The van der Waals surface area contributed by atoms with Crippen LogP contribution in [0.15, 0.2) is 32.9 Å². The molecule has 0 radical (unpaired) electrons. The van der Waals surface area contributed by atoms with Crippen molar-refractivity contribution in [3.63, 3.8) is 0 Å². The third-order valence-corrected chi connectivity index (χ3v) is 7.54. The van der Waals surface area contributed by atoms with Crippen LogP contribution in [0, 0.1) is 0 Å². The zero-order valence-corrected chi connectivity index (χ0v) is 16.1. The Balaban J connectivity index is 2.29. The molecule has 10 heteroatoms. The Morgan fingerprint density at radius 1 is 1.08 bits per heavy atom. The van der Waals surface area contributed by atoms with E-state index >= 15 is 0 Å². The van der Waals surface area contributed by atoms with Gasteiger partial charge in [0.15, 0.2) is 0 Å². The van der Waals surface area contributed by atoms with E-state index in [-0.39, 0.29) is 4.21 Å². The van der Waals surface area contributed by atoms with Crippen LogP contribution in [0.3, 0.4) is 0 Å². The van der Waals surface area contributed by atoms with Crippen LogP contribution in [0.2, 0.25) is 4.34 Å². The van der Waals surface area contributed by atoms with Gasteiger partial charge in [-0.25, -0.2) is 0 Å². The van der Waals surface area contributed by atoms with Gasteiger partial charge in [0, 0.05) is 7.05 Å². The highest BCUT2D eigenvalue weighted by Gasteiger charge is 2.18. The molecule has 0 atom stereocenters. The van der Waals surface area contributed by atoms with Gasteiger partial charge in [-0.1, -0.05) is 22.9 Å². The number of hydrogen-bond acceptors (Lipinski definition) is 6. The van der Waals surface area contributed by atoms with Gasteiger partial charge < -0.3 is 14.0 Å². The summed E-state index contributed by atoms with van der Waals surface area (Å²) < 4.78 is 42.5. The van der Waals surface area contributed by atoms with Gasteiger partial charge in [0.1, 0.15) is 25.9 Å². The summed E-state index contributed by atoms with van der Waals surface area (Å²) in [7, 11) is 1.01. The second-order valence-corrected chi connectivity index (χ2v) is 9.24. The molecule has 0 spiro atoms. The maximum Gasteiger partial charge on any atom is 0.294 e. The highest BCUT2D eigenvalue weighted by Crippen LogP contribution is 2.35. The first-order valence-electron chi connectivity index (χ1n) is 6.64. The van der Waals surface area contributed by atoms with E-state index in [1.165, 1.54) is 23.5 Å². The molecule has 2 aromatic heterocycles. The van der Waals surface area contributed by atoms with Crippen LogP contribution >= 0.6 is 34.3 Å². The Hall–Kier alpha value is -1.55. The molecule has 0 bridgehead atoms. The van der Waals surface area contributed by atoms with Gasteiger partial charge in [0.25, 0.3) is 10.0 Å². The molecule has 0 aliphatic rings. The van der Waals surface area contributed by atoms with Crippen LogP contribution in [0.4, 0.5) is 0 Å². The molecule has 0 fully saturated rings. The number of nitrogens with zero attached hydrogens (tertiary/aromatic N) is 2. The fourth-order valence-electron chi connectivity index (χ4n) is 2.20. The highest BCUT2D eigenvalue weighted by atomic mass is 35.5. The topological polar surface area (TPSA) is 69.9 Å². The number of halogens is 1. The summed E-state index contributed by atoms with van der Waals surface area (Å²) in [6.07, 6.45) is 0. The highest BCUT2D eigenvalue weighted by molar-refractivity contribution is 7.92. The van der Waals surface area contributed by atoms with Crippen molar-refractivity contribution < 1.29 is 17.9 Å². The molecule has 0 saturated carbocycles. The lowest BCUT2D eigenvalue weighted by atomic mass is 10.3. The van der Waals surface area contributed by atoms with Crippen molar-refractivity contribution in [3.05, 3.63) is 33.4 Å². The summed E-state index contributed by atoms with van der Waals surface area (Å²) in [5.74, 6) is 1.24. The number of fused-ring (bicyclic) bond motifs is 1. The molecule has 128 valence electrons. The minimum atomic E-state index is -3.83. The molecule has 3 aromatic rings. The van der Waals surface area contributed by atoms with Crippen molar-refractivity contribution in [1.82, 2.24) is 4.57 Å². The summed E-state index contributed by atoms with van der Waals surface area (Å²) in [5, 5.41) is 0. The maximum atomic E-state index is 12.5. The van der Waals surface area contributed by atoms with Crippen LogP contribution < -0.4 is 14.3 Å². The number of aromatic nitrogens is 1. The lowest BCUT2D eigenvalue weighted by molar-refractivity contribution is 0.409. The van der Waals surface area contributed by atoms with Gasteiger partial charge in [-0.2, -0.15) is 8.42 Å². The van der Waals surface area contributed by atoms with Gasteiger partial charge in [0.2, 0.25) is 4.80 Å². The first-order valence-corrected chi connectivity index (χ1v) is 10.1. The fourth-order valence-corrected chi connectivity index (χ4v) is 6.01. The van der Waals surface area contributed by atoms with Crippen LogP contribution in [-0.4, -0.2) is 27.2 Å². The van der Waals surface area contributed by atoms with Gasteiger partial charge in [-0.15, -0.1) is 15.7 Å². The van der Waals surface area contributed by atoms with Crippen molar-refractivity contribution in [3.8, 4) is 11.5 Å². The third-order valence-electron chi connectivity index (χ3n) is 3.31. The second-order valence-electron chi connectivity index (χ2n) is 4.72. The van der Waals surface area contributed by atoms with E-state index in [4.69, 9.17) is 21.1 Å². The number of rotatable bonds is 4. The lowest BCUT2D eigenvalue weighted by Gasteiger charge is -2.06. The van der Waals surface area contributed by atoms with Gasteiger partial charge in [-0.3, -0.25) is 0 Å². The molecule has 1 aromatic carbocycles. The Labute approximate surface area is 151 Å². The molecule has 2 heterocycles. The molecule has 0 saturated heterocycles. The standard InChI is InChI=1S/C14H13ClN2O4S3/c1-17-12-8(20-2)4-5-9(21-3)13(12)23-14(17)16-24(18,19)11-7-6-10(15)22-11/h4-7H,1-3H3. The van der Waals surface area contributed by atoms with Gasteiger partial charge >= 0.3 is 0 Å². The Bertz CT molecular complexity index is 1080. The van der Waals surface area contributed by atoms with Crippen LogP contribution in [0.25, 0.3) is 10.2 Å². The van der Waals surface area contributed by atoms with Gasteiger partial charge in [-0.05, 0) is 24.3 Å². The summed E-state index contributed by atoms with van der Waals surface area (Å²) >= 11 is 8.01. The molecule has 0 aliphatic heterocycles. The molecule has 0 aliphatic carbocycles. The molecule has 6 nitrogen and oxygen atoms in total. The number of benzene rings is 1. The maximum absolute atomic E-state index is 12.5. The minimum absolute atomic E-state index is 0.101. The number of thiophene rings is 1. The van der Waals surface area contributed by atoms with Crippen LogP contribution in [0.5, 0.6) is 11.5 Å². The largest absolute Gasteiger partial charge is 0.495 e. The van der Waals surface area contributed by atoms with Crippen molar-refractivity contribution in [2.45, 2.75) is 4.21 Å². The predicted octanol–water partition coefficient (Wildman–Crippen LogP) is 3.26. The summed E-state index contributed by atoms with van der Waals surface area (Å²) in [5.41, 5.74) is 0.722. The monoisotopic (exact) mass is 404 g/mol. The van der Waals surface area contributed by atoms with E-state index in [9.17, 15) is 8.42 Å². The van der Waals surface area contributed by atoms with Crippen molar-refractivity contribution in [2.75, 3.05) is 14.2 Å². The minimum Gasteiger partial charge on any atom is -0.495 e. The molecule has 0 N–H and O–H groups in total. The second kappa shape index (κ2) is 6.40. The lowest BCUT2D eigenvalue weighted by Crippen LogP contribution is -2.13. The number of hydrogen-bond donors (Lipinski definition) is 0. The SMILES string of the molecule is COc1ccc(OC)c2c1sc(=NS(=O)(=O)c1ccc(Cl)s1)n2C. The number of methoxy groups -OCH3 is 2. The Morgan fingerprint density at radius 2 is 1.75 bits per heavy atom. The molecular weight excluding hydrogens is 392 g/mol. The average Bonchev–Trinajstić information content (AvgIpc) is 3.12. The number of ether oxygens (including phenoxy) is 2. The molecule has 0 amide bonds. The van der Waals surface area contributed by atoms with E-state index in [0.29, 0.717) is 20.6 Å². The van der Waals surface area contributed by atoms with Gasteiger partial charge in [0.05, 0.1) is 18.6 Å².